The molecule has 0 aliphatic carbocycles. The Morgan fingerprint density at radius 3 is 2.17 bits per heavy atom. The maximum Gasteiger partial charge on any atom is 0.237 e. The van der Waals surface area contributed by atoms with Crippen molar-refractivity contribution in [1.82, 2.24) is 20.2 Å². The van der Waals surface area contributed by atoms with E-state index in [-0.39, 0.29) is 11.8 Å². The second-order valence-electron chi connectivity index (χ2n) is 6.62. The summed E-state index contributed by atoms with van der Waals surface area (Å²) in [5.74, 6) is -0.313. The van der Waals surface area contributed by atoms with Crippen molar-refractivity contribution >= 4 is 35.0 Å². The normalized spacial score (nSPS) is 11.7. The van der Waals surface area contributed by atoms with Crippen LogP contribution in [0.2, 0.25) is 0 Å². The maximum atomic E-state index is 12.6. The molecule has 0 spiro atoms. The molecule has 2 aromatic carbocycles. The van der Waals surface area contributed by atoms with Crippen LogP contribution in [0.5, 0.6) is 0 Å². The highest BCUT2D eigenvalue weighted by atomic mass is 32.2. The minimum atomic E-state index is -0.418. The summed E-state index contributed by atoms with van der Waals surface area (Å²) in [5, 5.41) is 17.7. The van der Waals surface area contributed by atoms with Crippen LogP contribution >= 0.6 is 11.8 Å². The van der Waals surface area contributed by atoms with Gasteiger partial charge in [0.15, 0.2) is 0 Å². The fourth-order valence-electron chi connectivity index (χ4n) is 2.83. The highest BCUT2D eigenvalue weighted by Gasteiger charge is 2.20. The first-order chi connectivity index (χ1) is 13.8. The molecule has 0 saturated heterocycles. The van der Waals surface area contributed by atoms with E-state index in [4.69, 9.17) is 0 Å². The number of para-hydroxylation sites is 1. The first-order valence-electron chi connectivity index (χ1n) is 9.05. The molecule has 29 heavy (non-hydrogen) atoms. The van der Waals surface area contributed by atoms with Gasteiger partial charge in [0.1, 0.15) is 0 Å². The Morgan fingerprint density at radius 2 is 1.59 bits per heavy atom. The van der Waals surface area contributed by atoms with E-state index in [2.05, 4.69) is 26.2 Å². The molecule has 9 heteroatoms. The molecule has 0 aliphatic rings. The number of hydrogen-bond acceptors (Lipinski definition) is 6. The maximum absolute atomic E-state index is 12.6. The Labute approximate surface area is 173 Å². The highest BCUT2D eigenvalue weighted by molar-refractivity contribution is 8.00. The first-order valence-corrected chi connectivity index (χ1v) is 9.93. The average molecular weight is 411 g/mol. The summed E-state index contributed by atoms with van der Waals surface area (Å²) in [7, 11) is 0. The number of thioether (sulfide) groups is 1. The van der Waals surface area contributed by atoms with Crippen LogP contribution in [0.25, 0.3) is 5.69 Å². The van der Waals surface area contributed by atoms with E-state index in [1.165, 1.54) is 18.7 Å². The number of carbonyl (C=O) groups excluding carboxylic acids is 2. The minimum Gasteiger partial charge on any atom is -0.326 e. The number of benzene rings is 2. The summed E-state index contributed by atoms with van der Waals surface area (Å²) in [6.07, 6.45) is 0. The third kappa shape index (κ3) is 5.00. The number of tetrazole rings is 1. The van der Waals surface area contributed by atoms with Crippen LogP contribution in [0.1, 0.15) is 25.0 Å². The lowest BCUT2D eigenvalue weighted by atomic mass is 10.1. The summed E-state index contributed by atoms with van der Waals surface area (Å²) < 4.78 is 1.67. The monoisotopic (exact) mass is 410 g/mol. The van der Waals surface area contributed by atoms with Crippen molar-refractivity contribution in [3.63, 3.8) is 0 Å². The van der Waals surface area contributed by atoms with Gasteiger partial charge in [0.2, 0.25) is 17.0 Å². The van der Waals surface area contributed by atoms with Gasteiger partial charge in [0, 0.05) is 18.3 Å². The van der Waals surface area contributed by atoms with Gasteiger partial charge in [-0.25, -0.2) is 0 Å². The summed E-state index contributed by atoms with van der Waals surface area (Å²) >= 11 is 1.29. The van der Waals surface area contributed by atoms with E-state index >= 15 is 0 Å². The lowest BCUT2D eigenvalue weighted by molar-refractivity contribution is -0.115. The quantitative estimate of drug-likeness (QED) is 0.604. The predicted molar refractivity (Wildman–Crippen MR) is 113 cm³/mol. The molecule has 0 saturated carbocycles. The fourth-order valence-corrected chi connectivity index (χ4v) is 3.62. The van der Waals surface area contributed by atoms with Crippen LogP contribution < -0.4 is 10.6 Å². The van der Waals surface area contributed by atoms with Crippen LogP contribution in [0.4, 0.5) is 11.4 Å². The van der Waals surface area contributed by atoms with E-state index < -0.39 is 5.25 Å². The predicted octanol–water partition coefficient (Wildman–Crippen LogP) is 3.36. The van der Waals surface area contributed by atoms with Crippen molar-refractivity contribution in [2.45, 2.75) is 38.1 Å². The second kappa shape index (κ2) is 8.87. The first kappa shape index (κ1) is 20.5. The lowest BCUT2D eigenvalue weighted by Gasteiger charge is -2.14. The zero-order chi connectivity index (χ0) is 21.0. The Balaban J connectivity index is 1.70. The van der Waals surface area contributed by atoms with E-state index in [1.807, 2.05) is 32.0 Å². The number of nitrogens with zero attached hydrogens (tertiary/aromatic N) is 4. The number of anilines is 2. The molecular formula is C20H22N6O2S. The molecule has 0 radical (unpaired) electrons. The van der Waals surface area contributed by atoms with Crippen LogP contribution in [0, 0.1) is 13.8 Å². The molecule has 150 valence electrons. The third-order valence-corrected chi connectivity index (χ3v) is 5.25. The SMILES string of the molecule is CC(=O)Nc1ccc(NC(=O)[C@@H](C)Sc2nnnn2-c2c(C)cccc2C)cc1. The van der Waals surface area contributed by atoms with Gasteiger partial charge in [0.25, 0.3) is 0 Å². The summed E-state index contributed by atoms with van der Waals surface area (Å²) in [6, 6.07) is 12.9. The number of nitrogens with one attached hydrogen (secondary N) is 2. The van der Waals surface area contributed by atoms with Crippen molar-refractivity contribution in [2.75, 3.05) is 10.6 Å². The van der Waals surface area contributed by atoms with E-state index in [1.54, 1.807) is 35.9 Å². The van der Waals surface area contributed by atoms with Crippen molar-refractivity contribution < 1.29 is 9.59 Å². The topological polar surface area (TPSA) is 102 Å². The Hall–Kier alpha value is -3.20. The molecule has 2 N–H and O–H groups in total. The molecule has 1 atom stereocenters. The molecule has 0 fully saturated rings. The van der Waals surface area contributed by atoms with E-state index in [0.717, 1.165) is 16.8 Å². The van der Waals surface area contributed by atoms with Gasteiger partial charge >= 0.3 is 0 Å². The van der Waals surface area contributed by atoms with Gasteiger partial charge in [-0.15, -0.1) is 5.10 Å². The standard InChI is InChI=1S/C20H22N6O2S/c1-12-6-5-7-13(2)18(12)26-20(23-24-25-26)29-14(3)19(28)22-17-10-8-16(9-11-17)21-15(4)27/h5-11,14H,1-4H3,(H,21,27)(H,22,28)/t14-/m1/s1. The average Bonchev–Trinajstić information content (AvgIpc) is 3.10. The van der Waals surface area contributed by atoms with Crippen LogP contribution in [0.15, 0.2) is 47.6 Å². The molecule has 0 unspecified atom stereocenters. The number of aromatic nitrogens is 4. The Kier molecular flexibility index (Phi) is 6.28. The third-order valence-electron chi connectivity index (χ3n) is 4.22. The summed E-state index contributed by atoms with van der Waals surface area (Å²) in [4.78, 5) is 23.7. The van der Waals surface area contributed by atoms with Crippen molar-refractivity contribution in [3.8, 4) is 5.69 Å². The van der Waals surface area contributed by atoms with Crippen LogP contribution in [-0.2, 0) is 9.59 Å². The van der Waals surface area contributed by atoms with Crippen LogP contribution in [0.3, 0.4) is 0 Å². The zero-order valence-corrected chi connectivity index (χ0v) is 17.4. The molecule has 1 aromatic heterocycles. The van der Waals surface area contributed by atoms with Crippen molar-refractivity contribution in [2.24, 2.45) is 0 Å². The van der Waals surface area contributed by atoms with E-state index in [0.29, 0.717) is 16.5 Å². The van der Waals surface area contributed by atoms with E-state index in [9.17, 15) is 9.59 Å². The Morgan fingerprint density at radius 1 is 1.00 bits per heavy atom. The van der Waals surface area contributed by atoms with Gasteiger partial charge in [-0.05, 0) is 66.6 Å². The number of amides is 2. The van der Waals surface area contributed by atoms with Gasteiger partial charge in [-0.2, -0.15) is 4.68 Å². The van der Waals surface area contributed by atoms with Gasteiger partial charge in [-0.3, -0.25) is 9.59 Å². The van der Waals surface area contributed by atoms with Crippen molar-refractivity contribution in [1.29, 1.82) is 0 Å². The summed E-state index contributed by atoms with van der Waals surface area (Å²) in [6.45, 7) is 7.24. The number of hydrogen-bond donors (Lipinski definition) is 2. The molecular weight excluding hydrogens is 388 g/mol. The number of aryl methyl sites for hydroxylation is 2. The molecule has 1 heterocycles. The lowest BCUT2D eigenvalue weighted by Crippen LogP contribution is -2.23. The highest BCUT2D eigenvalue weighted by Crippen LogP contribution is 2.27. The smallest absolute Gasteiger partial charge is 0.237 e. The van der Waals surface area contributed by atoms with Crippen molar-refractivity contribution in [3.05, 3.63) is 53.6 Å². The molecule has 3 rings (SSSR count). The fraction of sp³-hybridized carbons (Fsp3) is 0.250. The Bertz CT molecular complexity index is 1010. The second-order valence-corrected chi connectivity index (χ2v) is 7.93. The molecule has 0 bridgehead atoms. The van der Waals surface area contributed by atoms with Gasteiger partial charge in [0.05, 0.1) is 10.9 Å². The molecule has 0 aliphatic heterocycles. The van der Waals surface area contributed by atoms with Gasteiger partial charge in [-0.1, -0.05) is 30.0 Å². The minimum absolute atomic E-state index is 0.145. The van der Waals surface area contributed by atoms with Gasteiger partial charge < -0.3 is 10.6 Å². The molecule has 3 aromatic rings. The summed E-state index contributed by atoms with van der Waals surface area (Å²) in [5.41, 5.74) is 4.34. The molecule has 8 nitrogen and oxygen atoms in total. The zero-order valence-electron chi connectivity index (χ0n) is 16.6. The largest absolute Gasteiger partial charge is 0.326 e. The number of rotatable bonds is 6. The molecule has 2 amide bonds. The van der Waals surface area contributed by atoms with Crippen LogP contribution in [-0.4, -0.2) is 37.3 Å². The number of carbonyl (C=O) groups is 2.